The molecule has 22 heavy (non-hydrogen) atoms. The molecular formula is C19H22N2O. The van der Waals surface area contributed by atoms with Crippen LogP contribution in [0.1, 0.15) is 41.8 Å². The Bertz CT molecular complexity index is 692. The van der Waals surface area contributed by atoms with Gasteiger partial charge in [0.2, 0.25) is 0 Å². The molecule has 114 valence electrons. The zero-order chi connectivity index (χ0) is 15.7. The predicted molar refractivity (Wildman–Crippen MR) is 91.4 cm³/mol. The van der Waals surface area contributed by atoms with Gasteiger partial charge in [-0.1, -0.05) is 50.2 Å². The smallest absolute Gasteiger partial charge is 0.152 e. The Morgan fingerprint density at radius 2 is 1.91 bits per heavy atom. The normalized spacial score (nSPS) is 16.2. The van der Waals surface area contributed by atoms with Crippen molar-refractivity contribution in [1.29, 1.82) is 0 Å². The van der Waals surface area contributed by atoms with Crippen molar-refractivity contribution in [2.45, 2.75) is 32.2 Å². The first kappa shape index (κ1) is 14.6. The second kappa shape index (κ2) is 5.48. The standard InChI is InChI=1S/C19H22N2O/c1-19(2)10-11-21(12-14-6-4-3-5-7-14)18-16(19)9-8-15(13-22)17(18)20/h3-9,13H,10-12,20H2,1-2H3. The minimum Gasteiger partial charge on any atom is -0.396 e. The molecule has 1 heterocycles. The first-order valence-electron chi connectivity index (χ1n) is 7.70. The second-order valence-corrected chi connectivity index (χ2v) is 6.62. The van der Waals surface area contributed by atoms with Gasteiger partial charge in [-0.05, 0) is 29.0 Å². The molecule has 0 unspecified atom stereocenters. The summed E-state index contributed by atoms with van der Waals surface area (Å²) < 4.78 is 0. The summed E-state index contributed by atoms with van der Waals surface area (Å²) >= 11 is 0. The highest BCUT2D eigenvalue weighted by Gasteiger charge is 2.33. The summed E-state index contributed by atoms with van der Waals surface area (Å²) in [4.78, 5) is 13.5. The Morgan fingerprint density at radius 1 is 1.18 bits per heavy atom. The topological polar surface area (TPSA) is 46.3 Å². The van der Waals surface area contributed by atoms with Crippen LogP contribution in [0, 0.1) is 0 Å². The molecule has 0 aromatic heterocycles. The lowest BCUT2D eigenvalue weighted by atomic mass is 9.76. The third kappa shape index (κ3) is 2.47. The highest BCUT2D eigenvalue weighted by atomic mass is 16.1. The van der Waals surface area contributed by atoms with Crippen molar-refractivity contribution in [3.63, 3.8) is 0 Å². The van der Waals surface area contributed by atoms with E-state index in [2.05, 4.69) is 49.1 Å². The van der Waals surface area contributed by atoms with Gasteiger partial charge in [0.1, 0.15) is 0 Å². The molecule has 2 aromatic carbocycles. The van der Waals surface area contributed by atoms with Crippen molar-refractivity contribution in [3.8, 4) is 0 Å². The van der Waals surface area contributed by atoms with Crippen LogP contribution in [0.2, 0.25) is 0 Å². The molecule has 0 saturated carbocycles. The molecule has 1 aliphatic rings. The summed E-state index contributed by atoms with van der Waals surface area (Å²) in [6.07, 6.45) is 1.92. The Kier molecular flexibility index (Phi) is 3.65. The van der Waals surface area contributed by atoms with Crippen molar-refractivity contribution in [1.82, 2.24) is 0 Å². The third-order valence-corrected chi connectivity index (χ3v) is 4.65. The minimum atomic E-state index is 0.0814. The summed E-state index contributed by atoms with van der Waals surface area (Å²) in [5.41, 5.74) is 11.1. The van der Waals surface area contributed by atoms with Crippen molar-refractivity contribution < 1.29 is 4.79 Å². The molecule has 2 N–H and O–H groups in total. The van der Waals surface area contributed by atoms with E-state index in [0.717, 1.165) is 31.5 Å². The summed E-state index contributed by atoms with van der Waals surface area (Å²) in [5, 5.41) is 0. The van der Waals surface area contributed by atoms with Gasteiger partial charge in [0.25, 0.3) is 0 Å². The highest BCUT2D eigenvalue weighted by Crippen LogP contribution is 2.44. The number of anilines is 2. The lowest BCUT2D eigenvalue weighted by Crippen LogP contribution is -2.37. The SMILES string of the molecule is CC1(C)CCN(Cc2ccccc2)c2c1ccc(C=O)c2N. The number of rotatable bonds is 3. The van der Waals surface area contributed by atoms with Crippen molar-refractivity contribution in [2.24, 2.45) is 0 Å². The van der Waals surface area contributed by atoms with E-state index < -0.39 is 0 Å². The largest absolute Gasteiger partial charge is 0.396 e. The maximum Gasteiger partial charge on any atom is 0.152 e. The molecule has 2 aromatic rings. The van der Waals surface area contributed by atoms with Gasteiger partial charge < -0.3 is 10.6 Å². The van der Waals surface area contributed by atoms with Gasteiger partial charge >= 0.3 is 0 Å². The Morgan fingerprint density at radius 3 is 2.59 bits per heavy atom. The minimum absolute atomic E-state index is 0.0814. The molecule has 3 heteroatoms. The summed E-state index contributed by atoms with van der Waals surface area (Å²) in [5.74, 6) is 0. The summed E-state index contributed by atoms with van der Waals surface area (Å²) in [6.45, 7) is 6.25. The van der Waals surface area contributed by atoms with E-state index in [9.17, 15) is 4.79 Å². The number of hydrogen-bond acceptors (Lipinski definition) is 3. The predicted octanol–water partition coefficient (Wildman–Crippen LogP) is 3.77. The Labute approximate surface area is 131 Å². The van der Waals surface area contributed by atoms with Gasteiger partial charge in [0.05, 0.1) is 11.4 Å². The van der Waals surface area contributed by atoms with E-state index in [4.69, 9.17) is 5.73 Å². The number of fused-ring (bicyclic) bond motifs is 1. The fourth-order valence-corrected chi connectivity index (χ4v) is 3.24. The molecule has 0 amide bonds. The third-order valence-electron chi connectivity index (χ3n) is 4.65. The number of hydrogen-bond donors (Lipinski definition) is 1. The first-order chi connectivity index (χ1) is 10.5. The molecule has 0 saturated heterocycles. The number of carbonyl (C=O) groups excluding carboxylic acids is 1. The Balaban J connectivity index is 2.07. The van der Waals surface area contributed by atoms with E-state index in [0.29, 0.717) is 11.3 Å². The molecule has 0 radical (unpaired) electrons. The van der Waals surface area contributed by atoms with Gasteiger partial charge in [0, 0.05) is 18.7 Å². The summed E-state index contributed by atoms with van der Waals surface area (Å²) in [6, 6.07) is 14.3. The van der Waals surface area contributed by atoms with Crippen LogP contribution in [-0.2, 0) is 12.0 Å². The van der Waals surface area contributed by atoms with Crippen LogP contribution in [0.25, 0.3) is 0 Å². The van der Waals surface area contributed by atoms with E-state index >= 15 is 0 Å². The highest BCUT2D eigenvalue weighted by molar-refractivity contribution is 5.91. The lowest BCUT2D eigenvalue weighted by molar-refractivity contribution is 0.112. The number of benzene rings is 2. The Hall–Kier alpha value is -2.29. The van der Waals surface area contributed by atoms with Crippen LogP contribution in [0.15, 0.2) is 42.5 Å². The molecule has 0 spiro atoms. The van der Waals surface area contributed by atoms with Crippen LogP contribution in [-0.4, -0.2) is 12.8 Å². The van der Waals surface area contributed by atoms with Crippen LogP contribution in [0.4, 0.5) is 11.4 Å². The quantitative estimate of drug-likeness (QED) is 0.692. The number of nitrogens with zero attached hydrogens (tertiary/aromatic N) is 1. The number of carbonyl (C=O) groups is 1. The van der Waals surface area contributed by atoms with E-state index in [1.807, 2.05) is 12.1 Å². The van der Waals surface area contributed by atoms with E-state index in [1.54, 1.807) is 0 Å². The van der Waals surface area contributed by atoms with E-state index in [-0.39, 0.29) is 5.41 Å². The average molecular weight is 294 g/mol. The molecule has 0 bridgehead atoms. The van der Waals surface area contributed by atoms with Crippen molar-refractivity contribution >= 4 is 17.7 Å². The molecule has 0 atom stereocenters. The molecule has 3 nitrogen and oxygen atoms in total. The second-order valence-electron chi connectivity index (χ2n) is 6.62. The molecule has 0 aliphatic carbocycles. The van der Waals surface area contributed by atoms with E-state index in [1.165, 1.54) is 11.1 Å². The zero-order valence-corrected chi connectivity index (χ0v) is 13.2. The lowest BCUT2D eigenvalue weighted by Gasteiger charge is -2.41. The summed E-state index contributed by atoms with van der Waals surface area (Å²) in [7, 11) is 0. The number of nitrogen functional groups attached to an aromatic ring is 1. The van der Waals surface area contributed by atoms with Crippen LogP contribution in [0.5, 0.6) is 0 Å². The van der Waals surface area contributed by atoms with Gasteiger partial charge in [-0.15, -0.1) is 0 Å². The average Bonchev–Trinajstić information content (AvgIpc) is 2.51. The van der Waals surface area contributed by atoms with Crippen LogP contribution >= 0.6 is 0 Å². The van der Waals surface area contributed by atoms with Crippen LogP contribution in [0.3, 0.4) is 0 Å². The van der Waals surface area contributed by atoms with Gasteiger partial charge in [-0.25, -0.2) is 0 Å². The maximum absolute atomic E-state index is 11.2. The molecule has 1 aliphatic heterocycles. The maximum atomic E-state index is 11.2. The molecule has 0 fully saturated rings. The van der Waals surface area contributed by atoms with Gasteiger partial charge in [0.15, 0.2) is 6.29 Å². The zero-order valence-electron chi connectivity index (χ0n) is 13.2. The fourth-order valence-electron chi connectivity index (χ4n) is 3.24. The monoisotopic (exact) mass is 294 g/mol. The first-order valence-corrected chi connectivity index (χ1v) is 7.70. The molecular weight excluding hydrogens is 272 g/mol. The molecule has 3 rings (SSSR count). The fraction of sp³-hybridized carbons (Fsp3) is 0.316. The van der Waals surface area contributed by atoms with Crippen molar-refractivity contribution in [2.75, 3.05) is 17.2 Å². The van der Waals surface area contributed by atoms with Crippen LogP contribution < -0.4 is 10.6 Å². The number of nitrogens with two attached hydrogens (primary N) is 1. The van der Waals surface area contributed by atoms with Gasteiger partial charge in [-0.2, -0.15) is 0 Å². The number of aldehydes is 1. The van der Waals surface area contributed by atoms with Crippen molar-refractivity contribution in [3.05, 3.63) is 59.2 Å². The van der Waals surface area contributed by atoms with Gasteiger partial charge in [-0.3, -0.25) is 4.79 Å².